The lowest BCUT2D eigenvalue weighted by molar-refractivity contribution is 0.881. The number of rotatable bonds is 1. The Morgan fingerprint density at radius 1 is 1.60 bits per heavy atom. The number of H-pyrrole nitrogens is 1. The third-order valence-corrected chi connectivity index (χ3v) is 1.85. The zero-order valence-corrected chi connectivity index (χ0v) is 5.72. The third-order valence-electron chi connectivity index (χ3n) is 1.03. The predicted molar refractivity (Wildman–Crippen MR) is 36.3 cm³/mol. The highest BCUT2D eigenvalue weighted by Gasteiger charge is 2.00. The second-order valence-corrected chi connectivity index (χ2v) is 2.56. The number of hydrogen-bond acceptors (Lipinski definition) is 4. The fourth-order valence-electron chi connectivity index (χ4n) is 0.625. The zero-order valence-electron chi connectivity index (χ0n) is 4.90. The van der Waals surface area contributed by atoms with E-state index in [1.807, 2.05) is 11.4 Å². The first-order valence-electron chi connectivity index (χ1n) is 2.66. The van der Waals surface area contributed by atoms with Crippen molar-refractivity contribution < 1.29 is 0 Å². The van der Waals surface area contributed by atoms with Gasteiger partial charge in [0.15, 0.2) is 5.82 Å². The molecule has 5 heteroatoms. The van der Waals surface area contributed by atoms with E-state index >= 15 is 0 Å². The lowest BCUT2D eigenvalue weighted by atomic mass is 10.5. The van der Waals surface area contributed by atoms with Crippen LogP contribution >= 0.6 is 11.3 Å². The maximum Gasteiger partial charge on any atom is 0.190 e. The molecule has 0 atom stereocenters. The van der Waals surface area contributed by atoms with Crippen molar-refractivity contribution in [2.75, 3.05) is 0 Å². The van der Waals surface area contributed by atoms with Crippen molar-refractivity contribution in [1.82, 2.24) is 20.6 Å². The van der Waals surface area contributed by atoms with Gasteiger partial charge in [0, 0.05) is 6.07 Å². The van der Waals surface area contributed by atoms with Gasteiger partial charge in [0.05, 0.1) is 4.88 Å². The molecule has 4 nitrogen and oxygen atoms in total. The van der Waals surface area contributed by atoms with Gasteiger partial charge in [-0.25, -0.2) is 5.10 Å². The Morgan fingerprint density at radius 3 is 3.20 bits per heavy atom. The number of aromatic nitrogens is 4. The maximum atomic E-state index is 3.72. The minimum absolute atomic E-state index is 0.676. The molecule has 0 saturated carbocycles. The summed E-state index contributed by atoms with van der Waals surface area (Å²) in [6.45, 7) is 0. The lowest BCUT2D eigenvalue weighted by Crippen LogP contribution is -1.73. The first-order chi connectivity index (χ1) is 4.97. The Labute approximate surface area is 60.9 Å². The maximum absolute atomic E-state index is 3.72. The Balaban J connectivity index is 2.48. The molecule has 49 valence electrons. The van der Waals surface area contributed by atoms with Crippen LogP contribution in [0.4, 0.5) is 0 Å². The van der Waals surface area contributed by atoms with Gasteiger partial charge in [-0.1, -0.05) is 0 Å². The number of aromatic amines is 1. The highest BCUT2D eigenvalue weighted by Crippen LogP contribution is 2.17. The minimum Gasteiger partial charge on any atom is -0.238 e. The van der Waals surface area contributed by atoms with Gasteiger partial charge >= 0.3 is 0 Å². The molecule has 1 N–H and O–H groups in total. The first-order valence-corrected chi connectivity index (χ1v) is 3.54. The van der Waals surface area contributed by atoms with E-state index in [1.165, 1.54) is 0 Å². The molecule has 2 rings (SSSR count). The summed E-state index contributed by atoms with van der Waals surface area (Å²) in [6, 6.07) is 4.82. The van der Waals surface area contributed by atoms with Crippen LogP contribution in [0.15, 0.2) is 11.4 Å². The van der Waals surface area contributed by atoms with Crippen LogP contribution < -0.4 is 0 Å². The molecule has 2 heterocycles. The smallest absolute Gasteiger partial charge is 0.190 e. The van der Waals surface area contributed by atoms with Gasteiger partial charge in [-0.2, -0.15) is 0 Å². The fraction of sp³-hybridized carbons (Fsp3) is 0. The molecular weight excluding hydrogens is 148 g/mol. The summed E-state index contributed by atoms with van der Waals surface area (Å²) < 4.78 is 0. The number of tetrazole rings is 1. The number of nitrogens with zero attached hydrogens (tertiary/aromatic N) is 3. The SMILES string of the molecule is [c]1ccsc1-c1nnn[nH]1. The van der Waals surface area contributed by atoms with Crippen molar-refractivity contribution in [2.45, 2.75) is 0 Å². The molecule has 0 unspecified atom stereocenters. The summed E-state index contributed by atoms with van der Waals surface area (Å²) in [5, 5.41) is 15.2. The Morgan fingerprint density at radius 2 is 2.60 bits per heavy atom. The summed E-state index contributed by atoms with van der Waals surface area (Å²) in [5.41, 5.74) is 0. The van der Waals surface area contributed by atoms with Crippen molar-refractivity contribution in [1.29, 1.82) is 0 Å². The average molecular weight is 151 g/mol. The first kappa shape index (κ1) is 5.55. The third kappa shape index (κ3) is 0.801. The minimum atomic E-state index is 0.676. The molecule has 0 aromatic carbocycles. The Bertz CT molecular complexity index is 253. The fourth-order valence-corrected chi connectivity index (χ4v) is 1.23. The van der Waals surface area contributed by atoms with Gasteiger partial charge in [-0.3, -0.25) is 0 Å². The molecule has 0 fully saturated rings. The van der Waals surface area contributed by atoms with E-state index in [4.69, 9.17) is 0 Å². The Hall–Kier alpha value is -1.23. The van der Waals surface area contributed by atoms with E-state index in [1.54, 1.807) is 11.3 Å². The lowest BCUT2D eigenvalue weighted by Gasteiger charge is -1.80. The second kappa shape index (κ2) is 2.18. The average Bonchev–Trinajstić information content (AvgIpc) is 2.59. The number of thiophene rings is 1. The van der Waals surface area contributed by atoms with Gasteiger partial charge in [0.25, 0.3) is 0 Å². The van der Waals surface area contributed by atoms with Crippen LogP contribution in [0.2, 0.25) is 0 Å². The topological polar surface area (TPSA) is 54.5 Å². The molecule has 0 amide bonds. The van der Waals surface area contributed by atoms with Crippen molar-refractivity contribution in [3.05, 3.63) is 17.5 Å². The van der Waals surface area contributed by atoms with Crippen LogP contribution in [0.3, 0.4) is 0 Å². The van der Waals surface area contributed by atoms with Crippen LogP contribution in [0.25, 0.3) is 10.7 Å². The molecule has 0 aliphatic heterocycles. The van der Waals surface area contributed by atoms with Gasteiger partial charge < -0.3 is 0 Å². The normalized spacial score (nSPS) is 10.0. The van der Waals surface area contributed by atoms with Crippen molar-refractivity contribution >= 4 is 11.3 Å². The van der Waals surface area contributed by atoms with E-state index in [-0.39, 0.29) is 0 Å². The molecule has 10 heavy (non-hydrogen) atoms. The van der Waals surface area contributed by atoms with Crippen LogP contribution in [-0.4, -0.2) is 20.6 Å². The summed E-state index contributed by atoms with van der Waals surface area (Å²) >= 11 is 1.55. The monoisotopic (exact) mass is 151 g/mol. The van der Waals surface area contributed by atoms with Crippen molar-refractivity contribution in [2.24, 2.45) is 0 Å². The van der Waals surface area contributed by atoms with E-state index in [0.29, 0.717) is 5.82 Å². The van der Waals surface area contributed by atoms with Crippen LogP contribution in [0.5, 0.6) is 0 Å². The van der Waals surface area contributed by atoms with Crippen LogP contribution in [-0.2, 0) is 0 Å². The molecule has 0 aliphatic rings. The predicted octanol–water partition coefficient (Wildman–Crippen LogP) is 0.728. The zero-order chi connectivity index (χ0) is 6.81. The van der Waals surface area contributed by atoms with E-state index in [2.05, 4.69) is 26.7 Å². The molecule has 0 saturated heterocycles. The molecule has 0 aliphatic carbocycles. The summed E-state index contributed by atoms with van der Waals surface area (Å²) in [6.07, 6.45) is 0. The second-order valence-electron chi connectivity index (χ2n) is 1.64. The summed E-state index contributed by atoms with van der Waals surface area (Å²) in [4.78, 5) is 0.935. The van der Waals surface area contributed by atoms with Crippen LogP contribution in [0.1, 0.15) is 0 Å². The van der Waals surface area contributed by atoms with E-state index < -0.39 is 0 Å². The summed E-state index contributed by atoms with van der Waals surface area (Å²) in [5.74, 6) is 0.676. The van der Waals surface area contributed by atoms with Crippen molar-refractivity contribution in [3.8, 4) is 10.7 Å². The van der Waals surface area contributed by atoms with Crippen molar-refractivity contribution in [3.63, 3.8) is 0 Å². The van der Waals surface area contributed by atoms with E-state index in [0.717, 1.165) is 4.88 Å². The molecule has 0 bridgehead atoms. The summed E-state index contributed by atoms with van der Waals surface area (Å²) in [7, 11) is 0. The van der Waals surface area contributed by atoms with Gasteiger partial charge in [0.1, 0.15) is 0 Å². The van der Waals surface area contributed by atoms with E-state index in [9.17, 15) is 0 Å². The standard InChI is InChI=1S/C5H3N4S/c1-2-4(10-3-1)5-6-8-9-7-5/h1,3H,(H,6,7,8,9). The number of nitrogens with one attached hydrogen (secondary N) is 1. The Kier molecular flexibility index (Phi) is 1.21. The van der Waals surface area contributed by atoms with Crippen LogP contribution in [0, 0.1) is 6.07 Å². The molecular formula is C5H3N4S. The number of hydrogen-bond donors (Lipinski definition) is 1. The molecule has 0 spiro atoms. The highest BCUT2D eigenvalue weighted by molar-refractivity contribution is 7.13. The van der Waals surface area contributed by atoms with Gasteiger partial charge in [-0.05, 0) is 21.9 Å². The van der Waals surface area contributed by atoms with Gasteiger partial charge in [-0.15, -0.1) is 16.4 Å². The largest absolute Gasteiger partial charge is 0.238 e. The quantitative estimate of drug-likeness (QED) is 0.653. The molecule has 2 aromatic heterocycles. The molecule has 2 aromatic rings. The highest BCUT2D eigenvalue weighted by atomic mass is 32.1. The van der Waals surface area contributed by atoms with Gasteiger partial charge in [0.2, 0.25) is 0 Å². The molecule has 1 radical (unpaired) electrons.